The third-order valence-corrected chi connectivity index (χ3v) is 6.26. The number of halogens is 2. The molecule has 0 amide bonds. The molecule has 0 aromatic heterocycles. The van der Waals surface area contributed by atoms with Crippen LogP contribution in [0.5, 0.6) is 0 Å². The minimum atomic E-state index is -0.487. The quantitative estimate of drug-likeness (QED) is 0.597. The molecule has 4 rings (SSSR count). The lowest BCUT2D eigenvalue weighted by Crippen LogP contribution is -2.44. The molecule has 2 aromatic carbocycles. The second-order valence-corrected chi connectivity index (χ2v) is 8.29. The fourth-order valence-corrected chi connectivity index (χ4v) is 4.55. The van der Waals surface area contributed by atoms with Gasteiger partial charge in [-0.25, -0.2) is 9.78 Å². The van der Waals surface area contributed by atoms with Crippen LogP contribution in [-0.2, 0) is 9.78 Å². The fourth-order valence-electron chi connectivity index (χ4n) is 4.15. The summed E-state index contributed by atoms with van der Waals surface area (Å²) in [5.74, 6) is 0. The van der Waals surface area contributed by atoms with E-state index in [9.17, 15) is 0 Å². The first-order valence-corrected chi connectivity index (χ1v) is 10.1. The van der Waals surface area contributed by atoms with Crippen molar-refractivity contribution in [1.82, 2.24) is 0 Å². The van der Waals surface area contributed by atoms with E-state index in [1.165, 1.54) is 6.42 Å². The summed E-state index contributed by atoms with van der Waals surface area (Å²) >= 11 is 12.7. The predicted octanol–water partition coefficient (Wildman–Crippen LogP) is 6.30. The predicted molar refractivity (Wildman–Crippen MR) is 111 cm³/mol. The molecule has 0 atom stereocenters. The Balaban J connectivity index is 1.77. The molecule has 3 nitrogen and oxygen atoms in total. The van der Waals surface area contributed by atoms with Gasteiger partial charge in [0.15, 0.2) is 0 Å². The van der Waals surface area contributed by atoms with Crippen molar-refractivity contribution in [3.63, 3.8) is 0 Å². The number of nitrogens with two attached hydrogens (primary N) is 1. The molecule has 0 saturated heterocycles. The maximum atomic E-state index is 6.65. The Morgan fingerprint density at radius 2 is 1.67 bits per heavy atom. The number of rotatable bonds is 2. The molecule has 1 heterocycles. The molecular formula is C22H23Cl2NO2. The number of benzene rings is 2. The molecular weight excluding hydrogens is 381 g/mol. The first-order chi connectivity index (χ1) is 13.0. The van der Waals surface area contributed by atoms with Gasteiger partial charge in [-0.3, -0.25) is 0 Å². The Hall–Kier alpha value is -1.52. The third kappa shape index (κ3) is 3.50. The summed E-state index contributed by atoms with van der Waals surface area (Å²) < 4.78 is 0. The second-order valence-electron chi connectivity index (χ2n) is 7.45. The van der Waals surface area contributed by atoms with Gasteiger partial charge in [-0.15, -0.1) is 0 Å². The van der Waals surface area contributed by atoms with Gasteiger partial charge in [-0.2, -0.15) is 0 Å². The Kier molecular flexibility index (Phi) is 5.21. The van der Waals surface area contributed by atoms with Gasteiger partial charge in [0.05, 0.1) is 5.70 Å². The van der Waals surface area contributed by atoms with E-state index in [4.69, 9.17) is 38.7 Å². The van der Waals surface area contributed by atoms with E-state index in [0.29, 0.717) is 16.7 Å². The molecule has 0 radical (unpaired) electrons. The molecule has 2 aromatic rings. The van der Waals surface area contributed by atoms with E-state index < -0.39 is 5.60 Å². The molecule has 0 unspecified atom stereocenters. The van der Waals surface area contributed by atoms with Crippen LogP contribution in [-0.4, -0.2) is 12.2 Å². The van der Waals surface area contributed by atoms with Crippen molar-refractivity contribution in [2.24, 2.45) is 5.73 Å². The number of hydrogen-bond donors (Lipinski definition) is 1. The smallest absolute Gasteiger partial charge is 0.143 e. The lowest BCUT2D eigenvalue weighted by Gasteiger charge is -2.40. The average molecular weight is 404 g/mol. The maximum Gasteiger partial charge on any atom is 0.143 e. The number of hydrogen-bond acceptors (Lipinski definition) is 3. The SMILES string of the molecule is Cc1cc(-c2ccc(Cl)cc2)c(Cl)cc1C1=C(N)C2(CCCCC2)OOC1. The van der Waals surface area contributed by atoms with Gasteiger partial charge in [0.1, 0.15) is 12.2 Å². The summed E-state index contributed by atoms with van der Waals surface area (Å²) in [4.78, 5) is 11.2. The largest absolute Gasteiger partial charge is 0.399 e. The van der Waals surface area contributed by atoms with Crippen LogP contribution in [0.2, 0.25) is 10.0 Å². The minimum Gasteiger partial charge on any atom is -0.399 e. The maximum absolute atomic E-state index is 6.65. The topological polar surface area (TPSA) is 44.5 Å². The molecule has 0 bridgehead atoms. The summed E-state index contributed by atoms with van der Waals surface area (Å²) in [5.41, 5.74) is 12.1. The molecule has 2 aliphatic rings. The highest BCUT2D eigenvalue weighted by Gasteiger charge is 2.41. The highest BCUT2D eigenvalue weighted by molar-refractivity contribution is 6.33. The monoisotopic (exact) mass is 403 g/mol. The molecule has 1 saturated carbocycles. The highest BCUT2D eigenvalue weighted by atomic mass is 35.5. The van der Waals surface area contributed by atoms with Crippen molar-refractivity contribution in [2.45, 2.75) is 44.6 Å². The van der Waals surface area contributed by atoms with Gasteiger partial charge in [0.25, 0.3) is 0 Å². The fraction of sp³-hybridized carbons (Fsp3) is 0.364. The van der Waals surface area contributed by atoms with Crippen LogP contribution in [0.25, 0.3) is 16.7 Å². The highest BCUT2D eigenvalue weighted by Crippen LogP contribution is 2.43. The molecule has 142 valence electrons. The van der Waals surface area contributed by atoms with Crippen molar-refractivity contribution in [3.8, 4) is 11.1 Å². The zero-order valence-electron chi connectivity index (χ0n) is 15.4. The first-order valence-electron chi connectivity index (χ1n) is 9.36. The van der Waals surface area contributed by atoms with Gasteiger partial charge < -0.3 is 5.73 Å². The van der Waals surface area contributed by atoms with Gasteiger partial charge >= 0.3 is 0 Å². The lowest BCUT2D eigenvalue weighted by molar-refractivity contribution is -0.356. The van der Waals surface area contributed by atoms with Crippen LogP contribution in [0.3, 0.4) is 0 Å². The van der Waals surface area contributed by atoms with Crippen LogP contribution in [0, 0.1) is 6.92 Å². The van der Waals surface area contributed by atoms with Crippen LogP contribution < -0.4 is 5.73 Å². The Morgan fingerprint density at radius 1 is 0.963 bits per heavy atom. The van der Waals surface area contributed by atoms with Crippen LogP contribution in [0.15, 0.2) is 42.1 Å². The number of aryl methyl sites for hydroxylation is 1. The molecule has 2 N–H and O–H groups in total. The van der Waals surface area contributed by atoms with E-state index in [1.54, 1.807) is 0 Å². The second kappa shape index (κ2) is 7.48. The summed E-state index contributed by atoms with van der Waals surface area (Å²) in [6, 6.07) is 11.8. The molecule has 1 aliphatic carbocycles. The summed E-state index contributed by atoms with van der Waals surface area (Å²) in [7, 11) is 0. The van der Waals surface area contributed by atoms with E-state index >= 15 is 0 Å². The van der Waals surface area contributed by atoms with Gasteiger partial charge in [-0.05, 0) is 60.7 Å². The van der Waals surface area contributed by atoms with Crippen molar-refractivity contribution in [3.05, 3.63) is 63.3 Å². The van der Waals surface area contributed by atoms with Crippen molar-refractivity contribution in [2.75, 3.05) is 6.61 Å². The molecule has 1 spiro atoms. The van der Waals surface area contributed by atoms with Crippen molar-refractivity contribution < 1.29 is 9.78 Å². The van der Waals surface area contributed by atoms with E-state index in [-0.39, 0.29) is 0 Å². The van der Waals surface area contributed by atoms with Crippen LogP contribution in [0.4, 0.5) is 0 Å². The lowest BCUT2D eigenvalue weighted by atomic mass is 9.79. The Labute approximate surface area is 170 Å². The summed E-state index contributed by atoms with van der Waals surface area (Å²) in [6.07, 6.45) is 5.23. The molecule has 5 heteroatoms. The first kappa shape index (κ1) is 18.8. The van der Waals surface area contributed by atoms with E-state index in [0.717, 1.165) is 59.2 Å². The van der Waals surface area contributed by atoms with Gasteiger partial charge in [0.2, 0.25) is 0 Å². The molecule has 1 fully saturated rings. The standard InChI is InChI=1S/C22H23Cl2NO2/c1-14-11-18(15-5-7-16(23)8-6-15)20(24)12-17(14)19-13-26-27-22(21(19)25)9-3-2-4-10-22/h5-8,11-12H,2-4,9-10,13,25H2,1H3. The normalized spacial score (nSPS) is 19.5. The zero-order chi connectivity index (χ0) is 19.0. The Bertz CT molecular complexity index is 884. The third-order valence-electron chi connectivity index (χ3n) is 5.69. The Morgan fingerprint density at radius 3 is 2.37 bits per heavy atom. The summed E-state index contributed by atoms with van der Waals surface area (Å²) in [6.45, 7) is 2.42. The zero-order valence-corrected chi connectivity index (χ0v) is 16.9. The van der Waals surface area contributed by atoms with Crippen molar-refractivity contribution in [1.29, 1.82) is 0 Å². The summed E-state index contributed by atoms with van der Waals surface area (Å²) in [5, 5.41) is 1.39. The average Bonchev–Trinajstić information content (AvgIpc) is 2.67. The molecule has 1 aliphatic heterocycles. The van der Waals surface area contributed by atoms with Crippen LogP contribution >= 0.6 is 23.2 Å². The van der Waals surface area contributed by atoms with Crippen molar-refractivity contribution >= 4 is 28.8 Å². The molecule has 27 heavy (non-hydrogen) atoms. The minimum absolute atomic E-state index is 0.338. The van der Waals surface area contributed by atoms with Gasteiger partial charge in [0, 0.05) is 21.2 Å². The van der Waals surface area contributed by atoms with E-state index in [1.807, 2.05) is 30.3 Å². The van der Waals surface area contributed by atoms with Gasteiger partial charge in [-0.1, -0.05) is 54.6 Å². The van der Waals surface area contributed by atoms with Crippen LogP contribution in [0.1, 0.15) is 43.2 Å². The van der Waals surface area contributed by atoms with E-state index in [2.05, 4.69) is 13.0 Å².